The molecule has 2 saturated carbocycles. The third kappa shape index (κ3) is 6.09. The van der Waals surface area contributed by atoms with Gasteiger partial charge in [-0.2, -0.15) is 13.2 Å². The van der Waals surface area contributed by atoms with Crippen molar-refractivity contribution in [2.24, 2.45) is 5.92 Å². The van der Waals surface area contributed by atoms with Crippen molar-refractivity contribution in [1.29, 1.82) is 0 Å². The quantitative estimate of drug-likeness (QED) is 0.532. The molecule has 1 amide bonds. The summed E-state index contributed by atoms with van der Waals surface area (Å²) >= 11 is 9.47. The Kier molecular flexibility index (Phi) is 7.04. The van der Waals surface area contributed by atoms with Crippen molar-refractivity contribution in [3.63, 3.8) is 0 Å². The van der Waals surface area contributed by atoms with Gasteiger partial charge in [-0.25, -0.2) is 0 Å². The molecule has 134 valence electrons. The second-order valence-electron chi connectivity index (χ2n) is 6.55. The van der Waals surface area contributed by atoms with Crippen molar-refractivity contribution >= 4 is 33.4 Å². The van der Waals surface area contributed by atoms with Crippen molar-refractivity contribution in [2.45, 2.75) is 80.0 Å². The molecule has 2 fully saturated rings. The van der Waals surface area contributed by atoms with E-state index in [0.29, 0.717) is 43.4 Å². The highest BCUT2D eigenvalue weighted by Gasteiger charge is 2.43. The zero-order valence-electron chi connectivity index (χ0n) is 12.8. The molecule has 0 heterocycles. The number of alkyl halides is 5. The van der Waals surface area contributed by atoms with E-state index in [2.05, 4.69) is 26.6 Å². The van der Waals surface area contributed by atoms with Gasteiger partial charge in [0.2, 0.25) is 5.91 Å². The Bertz CT molecular complexity index is 395. The summed E-state index contributed by atoms with van der Waals surface area (Å²) in [6.07, 6.45) is -0.970. The largest absolute Gasteiger partial charge is 0.422 e. The van der Waals surface area contributed by atoms with Crippen LogP contribution in [0.3, 0.4) is 0 Å². The van der Waals surface area contributed by atoms with E-state index in [-0.39, 0.29) is 17.3 Å². The van der Waals surface area contributed by atoms with Gasteiger partial charge in [-0.15, -0.1) is 11.6 Å². The number of hydrogen-bond donors (Lipinski definition) is 2. The highest BCUT2D eigenvalue weighted by molar-refractivity contribution is 9.09. The number of amides is 1. The fraction of sp³-hybridized carbons (Fsp3) is 0.933. The van der Waals surface area contributed by atoms with Gasteiger partial charge < -0.3 is 5.32 Å². The second kappa shape index (κ2) is 8.39. The van der Waals surface area contributed by atoms with Crippen LogP contribution < -0.4 is 10.6 Å². The van der Waals surface area contributed by atoms with E-state index in [1.165, 1.54) is 0 Å². The number of halogens is 5. The van der Waals surface area contributed by atoms with E-state index in [9.17, 15) is 18.0 Å². The lowest BCUT2D eigenvalue weighted by Gasteiger charge is -2.33. The molecule has 1 atom stereocenters. The molecule has 0 aromatic heterocycles. The maximum Gasteiger partial charge on any atom is 0.422 e. The van der Waals surface area contributed by atoms with Gasteiger partial charge in [0.05, 0.1) is 0 Å². The molecular formula is C15H23BrClF3N2O. The van der Waals surface area contributed by atoms with Crippen LogP contribution in [0.25, 0.3) is 0 Å². The van der Waals surface area contributed by atoms with Crippen molar-refractivity contribution in [3.05, 3.63) is 0 Å². The van der Waals surface area contributed by atoms with E-state index in [1.54, 1.807) is 0 Å². The number of hydrogen-bond acceptors (Lipinski definition) is 2. The smallest absolute Gasteiger partial charge is 0.333 e. The van der Waals surface area contributed by atoms with E-state index in [4.69, 9.17) is 11.6 Å². The Morgan fingerprint density at radius 3 is 2.13 bits per heavy atom. The summed E-state index contributed by atoms with van der Waals surface area (Å²) < 4.78 is 39.7. The first-order valence-corrected chi connectivity index (χ1v) is 9.52. The Balaban J connectivity index is 1.89. The summed E-state index contributed by atoms with van der Waals surface area (Å²) in [5.74, 6) is -0.820. The maximum absolute atomic E-state index is 13.2. The van der Waals surface area contributed by atoms with Gasteiger partial charge in [-0.3, -0.25) is 10.1 Å². The van der Waals surface area contributed by atoms with Gasteiger partial charge in [0.15, 0.2) is 6.17 Å². The van der Waals surface area contributed by atoms with Crippen LogP contribution in [-0.2, 0) is 4.79 Å². The van der Waals surface area contributed by atoms with E-state index < -0.39 is 18.2 Å². The predicted octanol–water partition coefficient (Wildman–Crippen LogP) is 4.08. The van der Waals surface area contributed by atoms with Gasteiger partial charge in [-0.1, -0.05) is 15.9 Å². The van der Waals surface area contributed by atoms with Crippen LogP contribution in [0, 0.1) is 5.92 Å². The first-order chi connectivity index (χ1) is 10.8. The lowest BCUT2D eigenvalue weighted by atomic mass is 9.88. The van der Waals surface area contributed by atoms with Crippen molar-refractivity contribution in [3.8, 4) is 0 Å². The zero-order valence-corrected chi connectivity index (χ0v) is 15.2. The first-order valence-electron chi connectivity index (χ1n) is 8.17. The minimum atomic E-state index is -4.50. The minimum absolute atomic E-state index is 0.0476. The van der Waals surface area contributed by atoms with Crippen LogP contribution in [0.4, 0.5) is 13.2 Å². The molecule has 0 bridgehead atoms. The maximum atomic E-state index is 13.2. The van der Waals surface area contributed by atoms with E-state index >= 15 is 0 Å². The molecule has 2 aliphatic rings. The first kappa shape index (κ1) is 19.3. The fourth-order valence-electron chi connectivity index (χ4n) is 3.25. The van der Waals surface area contributed by atoms with Gasteiger partial charge in [0.25, 0.3) is 0 Å². The Morgan fingerprint density at radius 2 is 1.61 bits per heavy atom. The minimum Gasteiger partial charge on any atom is -0.333 e. The molecule has 2 aliphatic carbocycles. The molecule has 0 aromatic rings. The highest BCUT2D eigenvalue weighted by atomic mass is 79.9. The molecule has 0 spiro atoms. The lowest BCUT2D eigenvalue weighted by molar-refractivity contribution is -0.171. The van der Waals surface area contributed by atoms with Crippen molar-refractivity contribution in [1.82, 2.24) is 10.6 Å². The van der Waals surface area contributed by atoms with Crippen LogP contribution in [0.2, 0.25) is 0 Å². The van der Waals surface area contributed by atoms with Crippen molar-refractivity contribution in [2.75, 3.05) is 0 Å². The number of nitrogens with one attached hydrogen (secondary N) is 2. The Labute approximate surface area is 148 Å². The molecule has 1 unspecified atom stereocenters. The number of rotatable bonds is 4. The molecular weight excluding hydrogens is 397 g/mol. The van der Waals surface area contributed by atoms with Crippen LogP contribution >= 0.6 is 27.5 Å². The highest BCUT2D eigenvalue weighted by Crippen LogP contribution is 2.30. The second-order valence-corrected chi connectivity index (χ2v) is 8.46. The predicted molar refractivity (Wildman–Crippen MR) is 87.7 cm³/mol. The van der Waals surface area contributed by atoms with E-state index in [1.807, 2.05) is 0 Å². The topological polar surface area (TPSA) is 41.1 Å². The van der Waals surface area contributed by atoms with Crippen LogP contribution in [0.15, 0.2) is 0 Å². The monoisotopic (exact) mass is 418 g/mol. The number of carbonyl (C=O) groups excluding carboxylic acids is 1. The average molecular weight is 420 g/mol. The Hall–Kier alpha value is -0.0100. The molecule has 23 heavy (non-hydrogen) atoms. The van der Waals surface area contributed by atoms with Gasteiger partial charge in [-0.05, 0) is 51.4 Å². The summed E-state index contributed by atoms with van der Waals surface area (Å²) in [7, 11) is 0. The molecule has 0 radical (unpaired) electrons. The third-order valence-electron chi connectivity index (χ3n) is 4.70. The van der Waals surface area contributed by atoms with Gasteiger partial charge in [0.1, 0.15) is 0 Å². The van der Waals surface area contributed by atoms with Crippen molar-refractivity contribution < 1.29 is 18.0 Å². The van der Waals surface area contributed by atoms with E-state index in [0.717, 1.165) is 12.8 Å². The SMILES string of the molecule is O=C(NC(NC1CCC(Cl)CC1)C(F)(F)F)C1CCC(Br)CC1. The normalized spacial score (nSPS) is 34.0. The summed E-state index contributed by atoms with van der Waals surface area (Å²) in [5, 5.41) is 4.79. The van der Waals surface area contributed by atoms with Gasteiger partial charge in [0, 0.05) is 22.2 Å². The molecule has 3 nitrogen and oxygen atoms in total. The number of carbonyl (C=O) groups is 1. The summed E-state index contributed by atoms with van der Waals surface area (Å²) in [6, 6.07) is -0.254. The molecule has 8 heteroatoms. The average Bonchev–Trinajstić information content (AvgIpc) is 2.48. The molecule has 0 aliphatic heterocycles. The van der Waals surface area contributed by atoms with Gasteiger partial charge >= 0.3 is 6.18 Å². The van der Waals surface area contributed by atoms with Crippen LogP contribution in [0.1, 0.15) is 51.4 Å². The zero-order chi connectivity index (χ0) is 17.0. The molecule has 0 saturated heterocycles. The fourth-order valence-corrected chi connectivity index (χ4v) is 4.03. The summed E-state index contributed by atoms with van der Waals surface area (Å²) in [5.41, 5.74) is 0. The summed E-state index contributed by atoms with van der Waals surface area (Å²) in [6.45, 7) is 0. The summed E-state index contributed by atoms with van der Waals surface area (Å²) in [4.78, 5) is 12.5. The Morgan fingerprint density at radius 1 is 1.04 bits per heavy atom. The van der Waals surface area contributed by atoms with Crippen LogP contribution in [0.5, 0.6) is 0 Å². The van der Waals surface area contributed by atoms with Crippen LogP contribution in [-0.4, -0.2) is 34.5 Å². The standard InChI is InChI=1S/C15H23BrClF3N2O/c16-10-3-1-9(2-4-10)13(23)22-14(15(18,19)20)21-12-7-5-11(17)6-8-12/h9-12,14,21H,1-8H2,(H,22,23). The molecule has 2 N–H and O–H groups in total. The molecule has 2 rings (SSSR count). The third-order valence-corrected chi connectivity index (χ3v) is 6.05. The lowest BCUT2D eigenvalue weighted by Crippen LogP contribution is -2.59. The molecule has 0 aromatic carbocycles.